The minimum atomic E-state index is -0.335. The van der Waals surface area contributed by atoms with E-state index in [1.807, 2.05) is 6.92 Å². The molecule has 0 radical (unpaired) electrons. The number of nitrogens with two attached hydrogens (primary N) is 1. The van der Waals surface area contributed by atoms with Crippen LogP contribution in [-0.2, 0) is 4.74 Å². The van der Waals surface area contributed by atoms with Crippen LogP contribution in [0, 0.1) is 5.82 Å². The van der Waals surface area contributed by atoms with Gasteiger partial charge in [0, 0.05) is 30.9 Å². The smallest absolute Gasteiger partial charge is 0.131 e. The summed E-state index contributed by atoms with van der Waals surface area (Å²) in [6.07, 6.45) is 1.59. The van der Waals surface area contributed by atoms with Gasteiger partial charge in [-0.15, -0.1) is 0 Å². The van der Waals surface area contributed by atoms with Crippen LogP contribution in [-0.4, -0.2) is 20.3 Å². The molecule has 0 aliphatic carbocycles. The molecule has 1 aromatic carbocycles. The van der Waals surface area contributed by atoms with E-state index in [9.17, 15) is 4.39 Å². The van der Waals surface area contributed by atoms with Gasteiger partial charge in [0.05, 0.1) is 7.11 Å². The summed E-state index contributed by atoms with van der Waals surface area (Å²) in [6.45, 7) is 3.32. The van der Waals surface area contributed by atoms with Gasteiger partial charge in [0.1, 0.15) is 11.6 Å². The molecule has 17 heavy (non-hydrogen) atoms. The van der Waals surface area contributed by atoms with Gasteiger partial charge < -0.3 is 15.2 Å². The second-order valence-corrected chi connectivity index (χ2v) is 3.89. The maximum atomic E-state index is 13.7. The molecule has 3 nitrogen and oxygen atoms in total. The molecular formula is C13H20FNO2. The van der Waals surface area contributed by atoms with Crippen LogP contribution in [0.5, 0.6) is 5.75 Å². The number of halogens is 1. The zero-order valence-electron chi connectivity index (χ0n) is 10.4. The van der Waals surface area contributed by atoms with Crippen molar-refractivity contribution in [2.24, 2.45) is 5.73 Å². The summed E-state index contributed by atoms with van der Waals surface area (Å²) >= 11 is 0. The van der Waals surface area contributed by atoms with Gasteiger partial charge in [-0.2, -0.15) is 0 Å². The largest absolute Gasteiger partial charge is 0.497 e. The summed E-state index contributed by atoms with van der Waals surface area (Å²) in [6, 6.07) is 4.39. The Morgan fingerprint density at radius 1 is 1.35 bits per heavy atom. The Bertz CT molecular complexity index is 344. The summed E-state index contributed by atoms with van der Waals surface area (Å²) in [5, 5.41) is 0. The van der Waals surface area contributed by atoms with E-state index in [0.717, 1.165) is 13.0 Å². The van der Waals surface area contributed by atoms with Crippen molar-refractivity contribution in [3.8, 4) is 5.75 Å². The van der Waals surface area contributed by atoms with Crippen molar-refractivity contribution in [2.45, 2.75) is 25.8 Å². The molecule has 4 heteroatoms. The lowest BCUT2D eigenvalue weighted by molar-refractivity contribution is 0.127. The maximum Gasteiger partial charge on any atom is 0.131 e. The number of ether oxygens (including phenoxy) is 2. The third-order valence-corrected chi connectivity index (χ3v) is 2.53. The molecule has 0 saturated heterocycles. The van der Waals surface area contributed by atoms with E-state index in [1.165, 1.54) is 13.2 Å². The molecule has 1 atom stereocenters. The summed E-state index contributed by atoms with van der Waals surface area (Å²) in [5.74, 6) is 0.174. The molecule has 0 bridgehead atoms. The van der Waals surface area contributed by atoms with Crippen LogP contribution in [0.1, 0.15) is 31.4 Å². The quantitative estimate of drug-likeness (QED) is 0.746. The molecular weight excluding hydrogens is 221 g/mol. The minimum absolute atomic E-state index is 0.327. The predicted octanol–water partition coefficient (Wildman–Crippen LogP) is 2.65. The third kappa shape index (κ3) is 4.32. The van der Waals surface area contributed by atoms with Crippen LogP contribution in [0.25, 0.3) is 0 Å². The monoisotopic (exact) mass is 241 g/mol. The summed E-state index contributed by atoms with van der Waals surface area (Å²) in [4.78, 5) is 0. The van der Waals surface area contributed by atoms with E-state index < -0.39 is 0 Å². The first kappa shape index (κ1) is 13.9. The average molecular weight is 241 g/mol. The molecule has 0 amide bonds. The van der Waals surface area contributed by atoms with Crippen LogP contribution in [0.4, 0.5) is 4.39 Å². The third-order valence-electron chi connectivity index (χ3n) is 2.53. The highest BCUT2D eigenvalue weighted by atomic mass is 19.1. The lowest BCUT2D eigenvalue weighted by Gasteiger charge is -2.13. The predicted molar refractivity (Wildman–Crippen MR) is 65.6 cm³/mol. The van der Waals surface area contributed by atoms with Gasteiger partial charge in [0.25, 0.3) is 0 Å². The Labute approximate surface area is 102 Å². The van der Waals surface area contributed by atoms with E-state index in [4.69, 9.17) is 15.2 Å². The van der Waals surface area contributed by atoms with Crippen molar-refractivity contribution in [1.82, 2.24) is 0 Å². The maximum absolute atomic E-state index is 13.7. The standard InChI is InChI=1S/C13H20FNO2/c1-3-7-17-8-6-13(15)11-5-4-10(16-2)9-12(11)14/h4-5,9,13H,3,6-8,15H2,1-2H3. The molecule has 1 rings (SSSR count). The fraction of sp³-hybridized carbons (Fsp3) is 0.538. The van der Waals surface area contributed by atoms with E-state index >= 15 is 0 Å². The van der Waals surface area contributed by atoms with Crippen molar-refractivity contribution in [2.75, 3.05) is 20.3 Å². The van der Waals surface area contributed by atoms with Crippen LogP contribution in [0.15, 0.2) is 18.2 Å². The highest BCUT2D eigenvalue weighted by Crippen LogP contribution is 2.22. The molecule has 0 saturated carbocycles. The first-order valence-corrected chi connectivity index (χ1v) is 5.85. The molecule has 1 unspecified atom stereocenters. The van der Waals surface area contributed by atoms with Gasteiger partial charge >= 0.3 is 0 Å². The van der Waals surface area contributed by atoms with Gasteiger partial charge in [-0.05, 0) is 18.9 Å². The Kier molecular flexibility index (Phi) is 5.94. The Morgan fingerprint density at radius 3 is 2.71 bits per heavy atom. The highest BCUT2D eigenvalue weighted by Gasteiger charge is 2.12. The lowest BCUT2D eigenvalue weighted by atomic mass is 10.0. The van der Waals surface area contributed by atoms with Gasteiger partial charge in [0.2, 0.25) is 0 Å². The van der Waals surface area contributed by atoms with E-state index in [2.05, 4.69) is 0 Å². The van der Waals surface area contributed by atoms with Crippen molar-refractivity contribution in [1.29, 1.82) is 0 Å². The lowest BCUT2D eigenvalue weighted by Crippen LogP contribution is -2.15. The fourth-order valence-corrected chi connectivity index (χ4v) is 1.55. The van der Waals surface area contributed by atoms with Gasteiger partial charge in [-0.3, -0.25) is 0 Å². The number of hydrogen-bond donors (Lipinski definition) is 1. The molecule has 96 valence electrons. The summed E-state index contributed by atoms with van der Waals surface area (Å²) in [7, 11) is 1.51. The SMILES string of the molecule is CCCOCCC(N)c1ccc(OC)cc1F. The van der Waals surface area contributed by atoms with Crippen LogP contribution in [0.2, 0.25) is 0 Å². The number of methoxy groups -OCH3 is 1. The summed E-state index contributed by atoms with van der Waals surface area (Å²) < 4.78 is 23.9. The molecule has 1 aromatic rings. The average Bonchev–Trinajstić information content (AvgIpc) is 2.34. The first-order valence-electron chi connectivity index (χ1n) is 5.85. The first-order chi connectivity index (χ1) is 8.19. The van der Waals surface area contributed by atoms with Crippen LogP contribution in [0.3, 0.4) is 0 Å². The Balaban J connectivity index is 2.53. The highest BCUT2D eigenvalue weighted by molar-refractivity contribution is 5.30. The number of hydrogen-bond acceptors (Lipinski definition) is 3. The van der Waals surface area contributed by atoms with Crippen molar-refractivity contribution >= 4 is 0 Å². The second-order valence-electron chi connectivity index (χ2n) is 3.89. The normalized spacial score (nSPS) is 12.5. The molecule has 0 aliphatic heterocycles. The van der Waals surface area contributed by atoms with Crippen LogP contribution >= 0.6 is 0 Å². The van der Waals surface area contributed by atoms with Gasteiger partial charge in [-0.1, -0.05) is 13.0 Å². The van der Waals surface area contributed by atoms with E-state index in [1.54, 1.807) is 12.1 Å². The Hall–Kier alpha value is -1.13. The summed E-state index contributed by atoms with van der Waals surface area (Å²) in [5.41, 5.74) is 6.41. The van der Waals surface area contributed by atoms with Crippen LogP contribution < -0.4 is 10.5 Å². The number of rotatable bonds is 7. The Morgan fingerprint density at radius 2 is 2.12 bits per heavy atom. The van der Waals surface area contributed by atoms with Crippen molar-refractivity contribution in [3.63, 3.8) is 0 Å². The minimum Gasteiger partial charge on any atom is -0.497 e. The van der Waals surface area contributed by atoms with E-state index in [0.29, 0.717) is 24.3 Å². The molecule has 0 spiro atoms. The van der Waals surface area contributed by atoms with E-state index in [-0.39, 0.29) is 11.9 Å². The second kappa shape index (κ2) is 7.25. The molecule has 0 fully saturated rings. The molecule has 0 heterocycles. The van der Waals surface area contributed by atoms with Crippen molar-refractivity contribution in [3.05, 3.63) is 29.6 Å². The van der Waals surface area contributed by atoms with Gasteiger partial charge in [-0.25, -0.2) is 4.39 Å². The zero-order valence-corrected chi connectivity index (χ0v) is 10.4. The zero-order chi connectivity index (χ0) is 12.7. The number of benzene rings is 1. The van der Waals surface area contributed by atoms with Crippen molar-refractivity contribution < 1.29 is 13.9 Å². The fourth-order valence-electron chi connectivity index (χ4n) is 1.55. The molecule has 0 aromatic heterocycles. The topological polar surface area (TPSA) is 44.5 Å². The van der Waals surface area contributed by atoms with Gasteiger partial charge in [0.15, 0.2) is 0 Å². The molecule has 0 aliphatic rings. The molecule has 2 N–H and O–H groups in total.